The molecule has 1 heterocycles. The number of nitrogens with one attached hydrogen (secondary N) is 1. The van der Waals surface area contributed by atoms with Crippen molar-refractivity contribution in [2.24, 2.45) is 0 Å². The Bertz CT molecular complexity index is 395. The highest BCUT2D eigenvalue weighted by Gasteiger charge is 2.22. The zero-order valence-electron chi connectivity index (χ0n) is 13.1. The van der Waals surface area contributed by atoms with Crippen LogP contribution in [0, 0.1) is 0 Å². The van der Waals surface area contributed by atoms with Crippen molar-refractivity contribution in [3.05, 3.63) is 35.9 Å². The quantitative estimate of drug-likeness (QED) is 0.685. The van der Waals surface area contributed by atoms with Gasteiger partial charge in [0, 0.05) is 19.2 Å². The lowest BCUT2D eigenvalue weighted by atomic mass is 9.92. The normalized spacial score (nSPS) is 23.3. The van der Waals surface area contributed by atoms with Crippen LogP contribution in [0.1, 0.15) is 62.8 Å². The molecule has 1 aliphatic carbocycles. The minimum atomic E-state index is 0.560. The summed E-state index contributed by atoms with van der Waals surface area (Å²) in [6.07, 6.45) is 11.1. The maximum atomic E-state index is 5.72. The van der Waals surface area contributed by atoms with Gasteiger partial charge in [0.25, 0.3) is 0 Å². The monoisotopic (exact) mass is 287 g/mol. The molecule has 0 aromatic heterocycles. The highest BCUT2D eigenvalue weighted by molar-refractivity contribution is 5.20. The van der Waals surface area contributed by atoms with Gasteiger partial charge < -0.3 is 10.1 Å². The highest BCUT2D eigenvalue weighted by atomic mass is 16.5. The molecule has 2 aliphatic rings. The zero-order valence-corrected chi connectivity index (χ0v) is 13.1. The van der Waals surface area contributed by atoms with Crippen LogP contribution in [-0.2, 0) is 4.74 Å². The van der Waals surface area contributed by atoms with Crippen LogP contribution in [0.2, 0.25) is 0 Å². The molecule has 3 rings (SSSR count). The molecule has 21 heavy (non-hydrogen) atoms. The molecule has 1 aromatic rings. The summed E-state index contributed by atoms with van der Waals surface area (Å²) in [5.74, 6) is 0.677. The Hall–Kier alpha value is -0.860. The van der Waals surface area contributed by atoms with E-state index in [-0.39, 0.29) is 0 Å². The van der Waals surface area contributed by atoms with Crippen LogP contribution in [0.3, 0.4) is 0 Å². The van der Waals surface area contributed by atoms with E-state index in [2.05, 4.69) is 35.6 Å². The lowest BCUT2D eigenvalue weighted by molar-refractivity contribution is 0.102. The number of rotatable bonds is 9. The Morgan fingerprint density at radius 1 is 1.10 bits per heavy atom. The van der Waals surface area contributed by atoms with Crippen LogP contribution < -0.4 is 5.32 Å². The first-order valence-corrected chi connectivity index (χ1v) is 8.82. The van der Waals surface area contributed by atoms with Crippen LogP contribution in [0.25, 0.3) is 0 Å². The highest BCUT2D eigenvalue weighted by Crippen LogP contribution is 2.26. The van der Waals surface area contributed by atoms with Crippen LogP contribution in [-0.4, -0.2) is 25.3 Å². The van der Waals surface area contributed by atoms with Gasteiger partial charge in [-0.15, -0.1) is 0 Å². The van der Waals surface area contributed by atoms with Gasteiger partial charge in [0.05, 0.1) is 6.10 Å². The molecule has 1 saturated heterocycles. The molecule has 2 nitrogen and oxygen atoms in total. The molecule has 1 N–H and O–H groups in total. The second-order valence-electron chi connectivity index (χ2n) is 6.71. The van der Waals surface area contributed by atoms with E-state index in [1.807, 2.05) is 0 Å². The van der Waals surface area contributed by atoms with Gasteiger partial charge in [-0.05, 0) is 50.0 Å². The Labute approximate surface area is 129 Å². The summed E-state index contributed by atoms with van der Waals surface area (Å²) in [6.45, 7) is 2.14. The number of ether oxygens (including phenoxy) is 1. The van der Waals surface area contributed by atoms with Gasteiger partial charge in [-0.25, -0.2) is 0 Å². The Morgan fingerprint density at radius 3 is 2.67 bits per heavy atom. The van der Waals surface area contributed by atoms with Crippen molar-refractivity contribution < 1.29 is 4.74 Å². The van der Waals surface area contributed by atoms with Gasteiger partial charge in [0.2, 0.25) is 0 Å². The SMILES string of the molecule is c1ccc(C(CCCCC2CCCO2)CNC2CC2)cc1. The number of benzene rings is 1. The first-order valence-electron chi connectivity index (χ1n) is 8.82. The molecule has 0 amide bonds. The molecular weight excluding hydrogens is 258 g/mol. The third kappa shape index (κ3) is 5.12. The van der Waals surface area contributed by atoms with E-state index in [0.717, 1.165) is 19.2 Å². The summed E-state index contributed by atoms with van der Waals surface area (Å²) in [7, 11) is 0. The minimum absolute atomic E-state index is 0.560. The summed E-state index contributed by atoms with van der Waals surface area (Å²) in [4.78, 5) is 0. The van der Waals surface area contributed by atoms with E-state index < -0.39 is 0 Å². The predicted molar refractivity (Wildman–Crippen MR) is 87.6 cm³/mol. The molecule has 2 fully saturated rings. The van der Waals surface area contributed by atoms with Gasteiger partial charge in [0.1, 0.15) is 0 Å². The van der Waals surface area contributed by atoms with Crippen molar-refractivity contribution in [1.82, 2.24) is 5.32 Å². The molecule has 1 aromatic carbocycles. The Balaban J connectivity index is 1.42. The fraction of sp³-hybridized carbons (Fsp3) is 0.684. The van der Waals surface area contributed by atoms with Crippen LogP contribution in [0.4, 0.5) is 0 Å². The largest absolute Gasteiger partial charge is 0.378 e. The van der Waals surface area contributed by atoms with Crippen LogP contribution >= 0.6 is 0 Å². The van der Waals surface area contributed by atoms with Crippen molar-refractivity contribution in [2.75, 3.05) is 13.2 Å². The molecule has 0 spiro atoms. The lowest BCUT2D eigenvalue weighted by Crippen LogP contribution is -2.23. The van der Waals surface area contributed by atoms with Gasteiger partial charge in [-0.1, -0.05) is 43.2 Å². The summed E-state index contributed by atoms with van der Waals surface area (Å²) >= 11 is 0. The maximum absolute atomic E-state index is 5.72. The van der Waals surface area contributed by atoms with E-state index >= 15 is 0 Å². The van der Waals surface area contributed by atoms with Crippen molar-refractivity contribution in [1.29, 1.82) is 0 Å². The summed E-state index contributed by atoms with van der Waals surface area (Å²) in [5, 5.41) is 3.71. The molecule has 0 bridgehead atoms. The molecule has 116 valence electrons. The smallest absolute Gasteiger partial charge is 0.0576 e. The fourth-order valence-electron chi connectivity index (χ4n) is 3.34. The Kier molecular flexibility index (Phi) is 5.70. The van der Waals surface area contributed by atoms with Crippen LogP contribution in [0.5, 0.6) is 0 Å². The predicted octanol–water partition coefficient (Wildman–Crippen LogP) is 4.26. The van der Waals surface area contributed by atoms with Crippen LogP contribution in [0.15, 0.2) is 30.3 Å². The summed E-state index contributed by atoms with van der Waals surface area (Å²) in [5.41, 5.74) is 1.50. The topological polar surface area (TPSA) is 21.3 Å². The van der Waals surface area contributed by atoms with E-state index in [4.69, 9.17) is 4.74 Å². The van der Waals surface area contributed by atoms with Gasteiger partial charge in [0.15, 0.2) is 0 Å². The third-order valence-corrected chi connectivity index (χ3v) is 4.85. The molecule has 1 saturated carbocycles. The average molecular weight is 287 g/mol. The Morgan fingerprint density at radius 2 is 1.95 bits per heavy atom. The number of hydrogen-bond acceptors (Lipinski definition) is 2. The molecule has 2 unspecified atom stereocenters. The lowest BCUT2D eigenvalue weighted by Gasteiger charge is -2.18. The summed E-state index contributed by atoms with van der Waals surface area (Å²) < 4.78 is 5.72. The standard InChI is InChI=1S/C19H29NO/c1-2-7-16(8-3-1)17(15-20-18-12-13-18)9-4-5-10-19-11-6-14-21-19/h1-3,7-8,17-20H,4-6,9-15H2. The zero-order chi connectivity index (χ0) is 14.3. The number of hydrogen-bond donors (Lipinski definition) is 1. The minimum Gasteiger partial charge on any atom is -0.378 e. The maximum Gasteiger partial charge on any atom is 0.0576 e. The second-order valence-corrected chi connectivity index (χ2v) is 6.71. The third-order valence-electron chi connectivity index (χ3n) is 4.85. The average Bonchev–Trinajstić information content (AvgIpc) is 3.21. The van der Waals surface area contributed by atoms with Gasteiger partial charge in [-0.3, -0.25) is 0 Å². The second kappa shape index (κ2) is 7.95. The summed E-state index contributed by atoms with van der Waals surface area (Å²) in [6, 6.07) is 11.9. The molecule has 2 atom stereocenters. The van der Waals surface area contributed by atoms with E-state index in [9.17, 15) is 0 Å². The van der Waals surface area contributed by atoms with Crippen molar-refractivity contribution in [3.8, 4) is 0 Å². The van der Waals surface area contributed by atoms with Gasteiger partial charge in [-0.2, -0.15) is 0 Å². The first kappa shape index (κ1) is 15.1. The van der Waals surface area contributed by atoms with Crippen molar-refractivity contribution >= 4 is 0 Å². The van der Waals surface area contributed by atoms with E-state index in [1.54, 1.807) is 0 Å². The van der Waals surface area contributed by atoms with Gasteiger partial charge >= 0.3 is 0 Å². The molecular formula is C19H29NO. The molecule has 1 aliphatic heterocycles. The van der Waals surface area contributed by atoms with E-state index in [1.165, 1.54) is 56.9 Å². The van der Waals surface area contributed by atoms with Crippen molar-refractivity contribution in [3.63, 3.8) is 0 Å². The van der Waals surface area contributed by atoms with E-state index in [0.29, 0.717) is 12.0 Å². The molecule has 2 heteroatoms. The van der Waals surface area contributed by atoms with Crippen molar-refractivity contribution in [2.45, 2.75) is 69.4 Å². The fourth-order valence-corrected chi connectivity index (χ4v) is 3.34. The molecule has 0 radical (unpaired) electrons. The first-order chi connectivity index (χ1) is 10.4. The number of unbranched alkanes of at least 4 members (excludes halogenated alkanes) is 1.